The van der Waals surface area contributed by atoms with Crippen LogP contribution in [0.4, 0.5) is 4.39 Å². The summed E-state index contributed by atoms with van der Waals surface area (Å²) in [6, 6.07) is 8.06. The Kier molecular flexibility index (Phi) is 5.38. The van der Waals surface area contributed by atoms with Gasteiger partial charge in [-0.25, -0.2) is 9.37 Å². The van der Waals surface area contributed by atoms with Crippen LogP contribution in [0.1, 0.15) is 45.6 Å². The first-order valence-corrected chi connectivity index (χ1v) is 10.1. The van der Waals surface area contributed by atoms with Crippen molar-refractivity contribution in [3.05, 3.63) is 63.6 Å². The zero-order valence-electron chi connectivity index (χ0n) is 15.5. The Hall–Kier alpha value is -2.74. The van der Waals surface area contributed by atoms with Crippen LogP contribution < -0.4 is 4.74 Å². The average Bonchev–Trinajstić information content (AvgIpc) is 3.41. The molecule has 0 saturated carbocycles. The van der Waals surface area contributed by atoms with Crippen LogP contribution >= 0.6 is 11.3 Å². The third kappa shape index (κ3) is 3.91. The van der Waals surface area contributed by atoms with Crippen molar-refractivity contribution in [3.63, 3.8) is 0 Å². The van der Waals surface area contributed by atoms with Gasteiger partial charge in [-0.15, -0.1) is 11.3 Å². The van der Waals surface area contributed by atoms with Gasteiger partial charge in [-0.1, -0.05) is 6.07 Å². The molecule has 3 aromatic rings. The number of ether oxygens (including phenoxy) is 1. The zero-order valence-corrected chi connectivity index (χ0v) is 16.3. The van der Waals surface area contributed by atoms with E-state index in [1.807, 2.05) is 17.9 Å². The number of benzene rings is 1. The third-order valence-electron chi connectivity index (χ3n) is 4.88. The van der Waals surface area contributed by atoms with E-state index in [0.717, 1.165) is 36.5 Å². The van der Waals surface area contributed by atoms with Gasteiger partial charge in [0.1, 0.15) is 16.4 Å². The topological polar surface area (TPSA) is 71.1 Å². The molecule has 1 aliphatic heterocycles. The molecular weight excluding hydrogens is 379 g/mol. The predicted molar refractivity (Wildman–Crippen MR) is 104 cm³/mol. The highest BCUT2D eigenvalue weighted by atomic mass is 32.1. The molecule has 1 fully saturated rings. The second-order valence-electron chi connectivity index (χ2n) is 6.80. The molecule has 1 aliphatic rings. The van der Waals surface area contributed by atoms with E-state index in [-0.39, 0.29) is 17.8 Å². The average molecular weight is 400 g/mol. The highest BCUT2D eigenvalue weighted by Gasteiger charge is 2.33. The summed E-state index contributed by atoms with van der Waals surface area (Å²) in [6.45, 7) is 3.00. The van der Waals surface area contributed by atoms with Gasteiger partial charge in [-0.05, 0) is 38.0 Å². The maximum atomic E-state index is 13.2. The minimum atomic E-state index is -0.316. The van der Waals surface area contributed by atoms with Gasteiger partial charge in [0.2, 0.25) is 0 Å². The van der Waals surface area contributed by atoms with Crippen LogP contribution in [0.5, 0.6) is 5.75 Å². The van der Waals surface area contributed by atoms with Crippen molar-refractivity contribution in [2.24, 2.45) is 0 Å². The summed E-state index contributed by atoms with van der Waals surface area (Å²) in [4.78, 5) is 19.7. The van der Waals surface area contributed by atoms with Crippen LogP contribution in [0.15, 0.2) is 35.8 Å². The molecule has 6 nitrogen and oxygen atoms in total. The first-order valence-electron chi connectivity index (χ1n) is 9.25. The maximum absolute atomic E-state index is 13.2. The lowest BCUT2D eigenvalue weighted by molar-refractivity contribution is 0.0737. The number of rotatable bonds is 6. The SMILES string of the molecule is Cc1ncsc1C(=O)N1CCC[C@@H]1c1cc(CCOc2cccc(F)c2)[nH]n1. The molecule has 0 unspecified atom stereocenters. The van der Waals surface area contributed by atoms with Gasteiger partial charge in [0.25, 0.3) is 5.91 Å². The molecule has 3 heterocycles. The number of hydrogen-bond donors (Lipinski definition) is 1. The van der Waals surface area contributed by atoms with Crippen LogP contribution in [0.3, 0.4) is 0 Å². The molecule has 1 aromatic carbocycles. The van der Waals surface area contributed by atoms with Gasteiger partial charge in [0, 0.05) is 24.7 Å². The fraction of sp³-hybridized carbons (Fsp3) is 0.350. The zero-order chi connectivity index (χ0) is 19.5. The summed E-state index contributed by atoms with van der Waals surface area (Å²) in [6.07, 6.45) is 2.48. The van der Waals surface area contributed by atoms with Crippen molar-refractivity contribution >= 4 is 17.2 Å². The number of nitrogens with zero attached hydrogens (tertiary/aromatic N) is 3. The number of halogens is 1. The van der Waals surface area contributed by atoms with Crippen molar-refractivity contribution < 1.29 is 13.9 Å². The molecule has 4 rings (SSSR count). The number of likely N-dealkylation sites (tertiary alicyclic amines) is 1. The summed E-state index contributed by atoms with van der Waals surface area (Å²) < 4.78 is 18.8. The fourth-order valence-electron chi connectivity index (χ4n) is 3.47. The van der Waals surface area contributed by atoms with E-state index < -0.39 is 0 Å². The smallest absolute Gasteiger partial charge is 0.266 e. The highest BCUT2D eigenvalue weighted by molar-refractivity contribution is 7.11. The van der Waals surface area contributed by atoms with Gasteiger partial charge in [-0.3, -0.25) is 9.89 Å². The first-order chi connectivity index (χ1) is 13.6. The van der Waals surface area contributed by atoms with Crippen LogP contribution in [-0.4, -0.2) is 39.1 Å². The molecule has 8 heteroatoms. The van der Waals surface area contributed by atoms with E-state index in [9.17, 15) is 9.18 Å². The molecule has 1 saturated heterocycles. The van der Waals surface area contributed by atoms with Crippen LogP contribution in [0, 0.1) is 12.7 Å². The second kappa shape index (κ2) is 8.10. The van der Waals surface area contributed by atoms with Gasteiger partial charge < -0.3 is 9.64 Å². The molecule has 0 bridgehead atoms. The number of aromatic amines is 1. The molecule has 1 N–H and O–H groups in total. The number of carbonyl (C=O) groups is 1. The fourth-order valence-corrected chi connectivity index (χ4v) is 4.23. The largest absolute Gasteiger partial charge is 0.493 e. The number of nitrogens with one attached hydrogen (secondary N) is 1. The van der Waals surface area contributed by atoms with E-state index in [1.165, 1.54) is 23.5 Å². The van der Waals surface area contributed by atoms with Crippen molar-refractivity contribution in [2.75, 3.05) is 13.2 Å². The summed E-state index contributed by atoms with van der Waals surface area (Å²) >= 11 is 1.38. The maximum Gasteiger partial charge on any atom is 0.266 e. The Balaban J connectivity index is 1.39. The first kappa shape index (κ1) is 18.6. The lowest BCUT2D eigenvalue weighted by Gasteiger charge is -2.22. The van der Waals surface area contributed by atoms with E-state index in [4.69, 9.17) is 4.74 Å². The highest BCUT2D eigenvalue weighted by Crippen LogP contribution is 2.33. The quantitative estimate of drug-likeness (QED) is 0.681. The van der Waals surface area contributed by atoms with E-state index in [0.29, 0.717) is 23.7 Å². The van der Waals surface area contributed by atoms with Crippen LogP contribution in [0.2, 0.25) is 0 Å². The predicted octanol–water partition coefficient (Wildman–Crippen LogP) is 3.91. The summed E-state index contributed by atoms with van der Waals surface area (Å²) in [7, 11) is 0. The number of amides is 1. The number of thiazole rings is 1. The molecular formula is C20H21FN4O2S. The molecule has 0 spiro atoms. The van der Waals surface area contributed by atoms with Crippen LogP contribution in [0.25, 0.3) is 0 Å². The van der Waals surface area contributed by atoms with Crippen LogP contribution in [-0.2, 0) is 6.42 Å². The molecule has 0 aliphatic carbocycles. The number of aryl methyl sites for hydroxylation is 1. The monoisotopic (exact) mass is 400 g/mol. The van der Waals surface area contributed by atoms with E-state index in [2.05, 4.69) is 15.2 Å². The Morgan fingerprint density at radius 2 is 2.32 bits per heavy atom. The summed E-state index contributed by atoms with van der Waals surface area (Å²) in [5.41, 5.74) is 4.28. The lowest BCUT2D eigenvalue weighted by Crippen LogP contribution is -2.30. The van der Waals surface area contributed by atoms with Crippen molar-refractivity contribution in [3.8, 4) is 5.75 Å². The lowest BCUT2D eigenvalue weighted by atomic mass is 10.1. The number of H-pyrrole nitrogens is 1. The number of aromatic nitrogens is 3. The molecule has 28 heavy (non-hydrogen) atoms. The molecule has 1 atom stereocenters. The minimum absolute atomic E-state index is 0.0249. The summed E-state index contributed by atoms with van der Waals surface area (Å²) in [5.74, 6) is 0.220. The van der Waals surface area contributed by atoms with E-state index in [1.54, 1.807) is 17.6 Å². The number of hydrogen-bond acceptors (Lipinski definition) is 5. The van der Waals surface area contributed by atoms with Gasteiger partial charge >= 0.3 is 0 Å². The standard InChI is InChI=1S/C20H21FN4O2S/c1-13-19(28-12-22-13)20(26)25-8-3-6-18(25)17-11-15(23-24-17)7-9-27-16-5-2-4-14(21)10-16/h2,4-5,10-12,18H,3,6-9H2,1H3,(H,23,24)/t18-/m1/s1. The second-order valence-corrected chi connectivity index (χ2v) is 7.65. The Morgan fingerprint density at radius 1 is 1.43 bits per heavy atom. The molecule has 0 radical (unpaired) electrons. The Labute approximate surface area is 166 Å². The normalized spacial score (nSPS) is 16.5. The van der Waals surface area contributed by atoms with Crippen molar-refractivity contribution in [1.82, 2.24) is 20.1 Å². The van der Waals surface area contributed by atoms with E-state index >= 15 is 0 Å². The van der Waals surface area contributed by atoms with Gasteiger partial charge in [-0.2, -0.15) is 5.10 Å². The molecule has 1 amide bonds. The van der Waals surface area contributed by atoms with Gasteiger partial charge in [0.05, 0.1) is 29.5 Å². The van der Waals surface area contributed by atoms with Crippen molar-refractivity contribution in [2.45, 2.75) is 32.2 Å². The summed E-state index contributed by atoms with van der Waals surface area (Å²) in [5, 5.41) is 7.46. The molecule has 146 valence electrons. The Bertz CT molecular complexity index is 971. The minimum Gasteiger partial charge on any atom is -0.493 e. The number of carbonyl (C=O) groups excluding carboxylic acids is 1. The Morgan fingerprint density at radius 3 is 3.11 bits per heavy atom. The third-order valence-corrected chi connectivity index (χ3v) is 5.80. The molecule has 2 aromatic heterocycles. The van der Waals surface area contributed by atoms with Crippen molar-refractivity contribution in [1.29, 1.82) is 0 Å². The van der Waals surface area contributed by atoms with Gasteiger partial charge in [0.15, 0.2) is 0 Å².